The number of hydrogen-bond acceptors (Lipinski definition) is 4. The van der Waals surface area contributed by atoms with Gasteiger partial charge in [0.25, 0.3) is 5.56 Å². The van der Waals surface area contributed by atoms with E-state index in [4.69, 9.17) is 5.21 Å². The molecule has 0 fully saturated rings. The van der Waals surface area contributed by atoms with Crippen LogP contribution in [0.3, 0.4) is 0 Å². The molecule has 0 spiro atoms. The van der Waals surface area contributed by atoms with E-state index in [1.165, 1.54) is 0 Å². The fourth-order valence-electron chi connectivity index (χ4n) is 2.46. The summed E-state index contributed by atoms with van der Waals surface area (Å²) in [7, 11) is 0. The van der Waals surface area contributed by atoms with Gasteiger partial charge in [-0.05, 0) is 43.7 Å². The highest BCUT2D eigenvalue weighted by molar-refractivity contribution is 5.98. The quantitative estimate of drug-likeness (QED) is 0.449. The van der Waals surface area contributed by atoms with E-state index in [0.29, 0.717) is 22.4 Å². The molecule has 0 atom stereocenters. The molecule has 0 saturated heterocycles. The lowest BCUT2D eigenvalue weighted by atomic mass is 10.1. The van der Waals surface area contributed by atoms with E-state index in [2.05, 4.69) is 10.1 Å². The number of rotatable bonds is 2. The topological polar surface area (TPSA) is 67.5 Å². The van der Waals surface area contributed by atoms with Crippen LogP contribution >= 0.6 is 0 Å². The monoisotopic (exact) mass is 293 g/mol. The predicted molar refractivity (Wildman–Crippen MR) is 86.1 cm³/mol. The number of oxime groups is 1. The van der Waals surface area contributed by atoms with Crippen molar-refractivity contribution in [3.63, 3.8) is 0 Å². The molecule has 0 unspecified atom stereocenters. The van der Waals surface area contributed by atoms with Crippen LogP contribution in [0.25, 0.3) is 16.6 Å². The summed E-state index contributed by atoms with van der Waals surface area (Å²) >= 11 is 0. The maximum Gasteiger partial charge on any atom is 0.265 e. The molecule has 2 aromatic carbocycles. The zero-order chi connectivity index (χ0) is 15.7. The third-order valence-corrected chi connectivity index (χ3v) is 3.64. The minimum atomic E-state index is -0.0941. The second-order valence-corrected chi connectivity index (χ2v) is 5.05. The fourth-order valence-corrected chi connectivity index (χ4v) is 2.46. The largest absolute Gasteiger partial charge is 0.411 e. The Balaban J connectivity index is 2.20. The van der Waals surface area contributed by atoms with E-state index >= 15 is 0 Å². The zero-order valence-corrected chi connectivity index (χ0v) is 12.3. The van der Waals surface area contributed by atoms with E-state index in [1.54, 1.807) is 17.6 Å². The van der Waals surface area contributed by atoms with Crippen LogP contribution in [0.1, 0.15) is 18.3 Å². The molecule has 5 heteroatoms. The first kappa shape index (κ1) is 14.0. The van der Waals surface area contributed by atoms with Gasteiger partial charge in [0, 0.05) is 0 Å². The fraction of sp³-hybridized carbons (Fsp3) is 0.118. The van der Waals surface area contributed by atoms with Crippen LogP contribution in [-0.4, -0.2) is 20.5 Å². The smallest absolute Gasteiger partial charge is 0.265 e. The molecule has 0 aliphatic heterocycles. The van der Waals surface area contributed by atoms with Crippen molar-refractivity contribution in [2.24, 2.45) is 5.16 Å². The van der Waals surface area contributed by atoms with Crippen LogP contribution in [0.4, 0.5) is 0 Å². The van der Waals surface area contributed by atoms with Gasteiger partial charge < -0.3 is 5.21 Å². The van der Waals surface area contributed by atoms with Crippen molar-refractivity contribution >= 4 is 16.6 Å². The lowest BCUT2D eigenvalue weighted by molar-refractivity contribution is 0.319. The van der Waals surface area contributed by atoms with Gasteiger partial charge in [-0.25, -0.2) is 4.98 Å². The maximum absolute atomic E-state index is 12.7. The van der Waals surface area contributed by atoms with E-state index in [9.17, 15) is 4.79 Å². The first-order chi connectivity index (χ1) is 10.6. The highest BCUT2D eigenvalue weighted by Gasteiger charge is 2.09. The summed E-state index contributed by atoms with van der Waals surface area (Å²) in [6.07, 6.45) is 0. The van der Waals surface area contributed by atoms with Gasteiger partial charge in [0.05, 0.1) is 22.3 Å². The van der Waals surface area contributed by atoms with Crippen molar-refractivity contribution in [1.29, 1.82) is 0 Å². The predicted octanol–water partition coefficient (Wildman–Crippen LogP) is 2.89. The highest BCUT2D eigenvalue weighted by atomic mass is 16.4. The molecule has 110 valence electrons. The van der Waals surface area contributed by atoms with Crippen molar-refractivity contribution in [1.82, 2.24) is 9.55 Å². The number of hydrogen-bond donors (Lipinski definition) is 1. The average molecular weight is 293 g/mol. The first-order valence-electron chi connectivity index (χ1n) is 6.89. The second-order valence-electron chi connectivity index (χ2n) is 5.05. The van der Waals surface area contributed by atoms with Crippen LogP contribution in [-0.2, 0) is 0 Å². The standard InChI is InChI=1S/C17H15N3O2/c1-11(19-22)13-7-9-14(10-8-13)20-12(2)18-16-6-4-3-5-15(16)17(20)21/h3-10,22H,1-2H3/b19-11+. The minimum absolute atomic E-state index is 0.0941. The van der Waals surface area contributed by atoms with Crippen molar-refractivity contribution in [3.05, 3.63) is 70.3 Å². The summed E-state index contributed by atoms with van der Waals surface area (Å²) in [4.78, 5) is 17.2. The van der Waals surface area contributed by atoms with Crippen molar-refractivity contribution in [2.45, 2.75) is 13.8 Å². The van der Waals surface area contributed by atoms with Gasteiger partial charge in [-0.2, -0.15) is 0 Å². The second kappa shape index (κ2) is 5.44. The Labute approximate surface area is 127 Å². The van der Waals surface area contributed by atoms with Crippen molar-refractivity contribution in [2.75, 3.05) is 0 Å². The molecule has 0 bridgehead atoms. The van der Waals surface area contributed by atoms with Gasteiger partial charge in [-0.1, -0.05) is 29.4 Å². The minimum Gasteiger partial charge on any atom is -0.411 e. The summed E-state index contributed by atoms with van der Waals surface area (Å²) in [5.41, 5.74) is 2.65. The van der Waals surface area contributed by atoms with Gasteiger partial charge >= 0.3 is 0 Å². The van der Waals surface area contributed by atoms with E-state index in [0.717, 1.165) is 11.3 Å². The van der Waals surface area contributed by atoms with Crippen LogP contribution in [0.15, 0.2) is 58.5 Å². The van der Waals surface area contributed by atoms with Gasteiger partial charge in [-0.3, -0.25) is 9.36 Å². The summed E-state index contributed by atoms with van der Waals surface area (Å²) in [6, 6.07) is 14.6. The van der Waals surface area contributed by atoms with E-state index in [-0.39, 0.29) is 5.56 Å². The van der Waals surface area contributed by atoms with Crippen molar-refractivity contribution in [3.8, 4) is 5.69 Å². The van der Waals surface area contributed by atoms with Crippen LogP contribution < -0.4 is 5.56 Å². The molecule has 1 heterocycles. The SMILES string of the molecule is C/C(=N\O)c1ccc(-n2c(C)nc3ccccc3c2=O)cc1. The van der Waals surface area contributed by atoms with E-state index in [1.807, 2.05) is 49.4 Å². The molecule has 0 amide bonds. The van der Waals surface area contributed by atoms with Crippen molar-refractivity contribution < 1.29 is 5.21 Å². The molecule has 22 heavy (non-hydrogen) atoms. The molecule has 0 saturated carbocycles. The van der Waals surface area contributed by atoms with E-state index < -0.39 is 0 Å². The summed E-state index contributed by atoms with van der Waals surface area (Å²) in [5, 5.41) is 12.6. The molecule has 1 N–H and O–H groups in total. The number of para-hydroxylation sites is 1. The number of fused-ring (bicyclic) bond motifs is 1. The summed E-state index contributed by atoms with van der Waals surface area (Å²) < 4.78 is 1.58. The molecule has 5 nitrogen and oxygen atoms in total. The Morgan fingerprint density at radius 2 is 1.82 bits per heavy atom. The normalized spacial score (nSPS) is 11.8. The highest BCUT2D eigenvalue weighted by Crippen LogP contribution is 2.13. The molecule has 0 aliphatic carbocycles. The number of aryl methyl sites for hydroxylation is 1. The zero-order valence-electron chi connectivity index (χ0n) is 12.3. The number of nitrogens with zero attached hydrogens (tertiary/aromatic N) is 3. The Morgan fingerprint density at radius 1 is 1.14 bits per heavy atom. The first-order valence-corrected chi connectivity index (χ1v) is 6.89. The Hall–Kier alpha value is -2.95. The number of benzene rings is 2. The third-order valence-electron chi connectivity index (χ3n) is 3.64. The molecular formula is C17H15N3O2. The van der Waals surface area contributed by atoms with Crippen LogP contribution in [0.2, 0.25) is 0 Å². The maximum atomic E-state index is 12.7. The average Bonchev–Trinajstić information content (AvgIpc) is 2.55. The Morgan fingerprint density at radius 3 is 2.50 bits per heavy atom. The molecular weight excluding hydrogens is 278 g/mol. The third kappa shape index (κ3) is 2.26. The van der Waals surface area contributed by atoms with Gasteiger partial charge in [0.1, 0.15) is 5.82 Å². The lowest BCUT2D eigenvalue weighted by Gasteiger charge is -2.11. The summed E-state index contributed by atoms with van der Waals surface area (Å²) in [5.74, 6) is 0.629. The Bertz CT molecular complexity index is 925. The van der Waals surface area contributed by atoms with Crippen LogP contribution in [0.5, 0.6) is 0 Å². The molecule has 3 aromatic rings. The summed E-state index contributed by atoms with van der Waals surface area (Å²) in [6.45, 7) is 3.52. The van der Waals surface area contributed by atoms with Crippen LogP contribution in [0, 0.1) is 6.92 Å². The number of aromatic nitrogens is 2. The molecule has 0 aliphatic rings. The van der Waals surface area contributed by atoms with Gasteiger partial charge in [0.2, 0.25) is 0 Å². The Kier molecular flexibility index (Phi) is 3.47. The lowest BCUT2D eigenvalue weighted by Crippen LogP contribution is -2.22. The molecule has 1 aromatic heterocycles. The van der Waals surface area contributed by atoms with Gasteiger partial charge in [0.15, 0.2) is 0 Å². The molecule has 0 radical (unpaired) electrons. The molecule has 3 rings (SSSR count). The van der Waals surface area contributed by atoms with Gasteiger partial charge in [-0.15, -0.1) is 0 Å².